The predicted octanol–water partition coefficient (Wildman–Crippen LogP) is 3.25. The minimum absolute atomic E-state index is 0.0655. The molecular weight excluding hydrogens is 388 g/mol. The van der Waals surface area contributed by atoms with Crippen molar-refractivity contribution in [3.8, 4) is 0 Å². The van der Waals surface area contributed by atoms with Crippen molar-refractivity contribution in [2.24, 2.45) is 23.2 Å². The molecule has 1 saturated heterocycles. The van der Waals surface area contributed by atoms with Crippen molar-refractivity contribution in [1.82, 2.24) is 4.31 Å². The molecule has 0 unspecified atom stereocenters. The minimum Gasteiger partial charge on any atom is -0.379 e. The van der Waals surface area contributed by atoms with E-state index in [9.17, 15) is 13.2 Å². The molecule has 1 aromatic rings. The monoisotopic (exact) mass is 418 g/mol. The number of nitrogens with zero attached hydrogens (tertiary/aromatic N) is 1. The van der Waals surface area contributed by atoms with Gasteiger partial charge in [-0.25, -0.2) is 8.42 Å². The van der Waals surface area contributed by atoms with E-state index in [2.05, 4.69) is 5.32 Å². The largest absolute Gasteiger partial charge is 0.379 e. The van der Waals surface area contributed by atoms with Gasteiger partial charge in [0.1, 0.15) is 0 Å². The molecule has 0 atom stereocenters. The molecule has 7 heteroatoms. The molecule has 4 saturated carbocycles. The number of rotatable bonds is 5. The summed E-state index contributed by atoms with van der Waals surface area (Å²) < 4.78 is 32.1. The van der Waals surface area contributed by atoms with Gasteiger partial charge >= 0.3 is 0 Å². The van der Waals surface area contributed by atoms with E-state index in [1.165, 1.54) is 42.8 Å². The summed E-state index contributed by atoms with van der Waals surface area (Å²) in [5.41, 5.74) is 0.874. The number of carbonyl (C=O) groups excluding carboxylic acids is 1. The highest BCUT2D eigenvalue weighted by atomic mass is 32.2. The summed E-state index contributed by atoms with van der Waals surface area (Å²) in [6.07, 6.45) is 8.36. The number of sulfonamides is 1. The Bertz CT molecular complexity index is 839. The first-order valence-electron chi connectivity index (χ1n) is 10.9. The molecule has 0 aromatic heterocycles. The van der Waals surface area contributed by atoms with Crippen LogP contribution in [0.5, 0.6) is 0 Å². The van der Waals surface area contributed by atoms with E-state index in [0.29, 0.717) is 38.4 Å². The Morgan fingerprint density at radius 3 is 2.10 bits per heavy atom. The van der Waals surface area contributed by atoms with Gasteiger partial charge < -0.3 is 10.1 Å². The van der Waals surface area contributed by atoms with Crippen LogP contribution in [0.3, 0.4) is 0 Å². The molecule has 1 aliphatic heterocycles. The first-order chi connectivity index (χ1) is 13.9. The summed E-state index contributed by atoms with van der Waals surface area (Å²) in [4.78, 5) is 13.0. The Morgan fingerprint density at radius 2 is 1.55 bits per heavy atom. The molecule has 1 heterocycles. The van der Waals surface area contributed by atoms with Gasteiger partial charge in [0, 0.05) is 25.2 Å². The second-order valence-corrected chi connectivity index (χ2v) is 11.6. The van der Waals surface area contributed by atoms with Gasteiger partial charge in [0.25, 0.3) is 0 Å². The Kier molecular flexibility index (Phi) is 4.95. The van der Waals surface area contributed by atoms with Crippen molar-refractivity contribution in [3.63, 3.8) is 0 Å². The highest BCUT2D eigenvalue weighted by Crippen LogP contribution is 2.61. The molecule has 4 aliphatic carbocycles. The van der Waals surface area contributed by atoms with E-state index >= 15 is 0 Å². The Balaban J connectivity index is 1.23. The van der Waals surface area contributed by atoms with Crippen LogP contribution in [-0.4, -0.2) is 44.9 Å². The normalized spacial score (nSPS) is 34.3. The number of nitrogens with one attached hydrogen (secondary N) is 1. The number of ether oxygens (including phenoxy) is 1. The molecule has 6 rings (SSSR count). The Hall–Kier alpha value is -1.44. The van der Waals surface area contributed by atoms with Gasteiger partial charge in [0.2, 0.25) is 15.9 Å². The molecule has 0 spiro atoms. The van der Waals surface area contributed by atoms with Crippen LogP contribution >= 0.6 is 0 Å². The lowest BCUT2D eigenvalue weighted by molar-refractivity contribution is -0.124. The third-order valence-electron chi connectivity index (χ3n) is 7.45. The van der Waals surface area contributed by atoms with Crippen molar-refractivity contribution < 1.29 is 17.9 Å². The van der Waals surface area contributed by atoms with Crippen LogP contribution in [0.4, 0.5) is 5.69 Å². The Labute approximate surface area is 173 Å². The number of benzene rings is 1. The summed E-state index contributed by atoms with van der Waals surface area (Å²) in [5, 5.41) is 3.01. The molecule has 5 fully saturated rings. The average Bonchev–Trinajstić information content (AvgIpc) is 2.67. The van der Waals surface area contributed by atoms with Crippen LogP contribution in [0.25, 0.3) is 0 Å². The highest BCUT2D eigenvalue weighted by molar-refractivity contribution is 7.89. The van der Waals surface area contributed by atoms with Gasteiger partial charge in [-0.05, 0) is 86.0 Å². The van der Waals surface area contributed by atoms with Crippen LogP contribution in [0.15, 0.2) is 29.2 Å². The van der Waals surface area contributed by atoms with Gasteiger partial charge in [-0.15, -0.1) is 0 Å². The van der Waals surface area contributed by atoms with Crippen LogP contribution < -0.4 is 5.32 Å². The maximum atomic E-state index is 12.8. The van der Waals surface area contributed by atoms with E-state index in [1.807, 2.05) is 0 Å². The first-order valence-corrected chi connectivity index (χ1v) is 12.3. The highest BCUT2D eigenvalue weighted by Gasteiger charge is 2.51. The summed E-state index contributed by atoms with van der Waals surface area (Å²) in [5.74, 6) is 2.56. The van der Waals surface area contributed by atoms with Gasteiger partial charge in [-0.3, -0.25) is 4.79 Å². The van der Waals surface area contributed by atoms with E-state index in [-0.39, 0.29) is 16.2 Å². The topological polar surface area (TPSA) is 75.7 Å². The second-order valence-electron chi connectivity index (χ2n) is 9.68. The lowest BCUT2D eigenvalue weighted by Crippen LogP contribution is -2.47. The predicted molar refractivity (Wildman–Crippen MR) is 110 cm³/mol. The van der Waals surface area contributed by atoms with E-state index in [4.69, 9.17) is 4.74 Å². The molecule has 158 valence electrons. The maximum absolute atomic E-state index is 12.8. The fourth-order valence-corrected chi connectivity index (χ4v) is 8.11. The zero-order valence-corrected chi connectivity index (χ0v) is 17.6. The molecule has 6 nitrogen and oxygen atoms in total. The second kappa shape index (κ2) is 7.36. The van der Waals surface area contributed by atoms with E-state index in [0.717, 1.165) is 17.8 Å². The number of morpholine rings is 1. The van der Waals surface area contributed by atoms with Gasteiger partial charge in [-0.1, -0.05) is 0 Å². The van der Waals surface area contributed by atoms with Gasteiger partial charge in [0.15, 0.2) is 0 Å². The number of hydrogen-bond donors (Lipinski definition) is 1. The number of amides is 1. The number of anilines is 1. The molecule has 4 bridgehead atoms. The summed E-state index contributed by atoms with van der Waals surface area (Å²) in [7, 11) is -3.50. The average molecular weight is 419 g/mol. The van der Waals surface area contributed by atoms with Gasteiger partial charge in [0.05, 0.1) is 18.1 Å². The van der Waals surface area contributed by atoms with Crippen molar-refractivity contribution in [2.45, 2.75) is 49.8 Å². The Morgan fingerprint density at radius 1 is 1.00 bits per heavy atom. The summed E-state index contributed by atoms with van der Waals surface area (Å²) in [6.45, 7) is 1.62. The zero-order chi connectivity index (χ0) is 20.1. The third-order valence-corrected chi connectivity index (χ3v) is 9.36. The molecular formula is C22H30N2O4S. The smallest absolute Gasteiger partial charge is 0.243 e. The zero-order valence-electron chi connectivity index (χ0n) is 16.8. The van der Waals surface area contributed by atoms with Crippen molar-refractivity contribution in [2.75, 3.05) is 31.6 Å². The van der Waals surface area contributed by atoms with E-state index < -0.39 is 10.0 Å². The molecule has 0 radical (unpaired) electrons. The fraction of sp³-hybridized carbons (Fsp3) is 0.682. The van der Waals surface area contributed by atoms with Gasteiger partial charge in [-0.2, -0.15) is 4.31 Å². The molecule has 29 heavy (non-hydrogen) atoms. The molecule has 1 N–H and O–H groups in total. The summed E-state index contributed by atoms with van der Waals surface area (Å²) in [6, 6.07) is 6.58. The van der Waals surface area contributed by atoms with Crippen LogP contribution in [-0.2, 0) is 19.6 Å². The SMILES string of the molecule is O=C(CC12CC3CC(CC(C3)C1)C2)Nc1ccc(S(=O)(=O)N2CCOCC2)cc1. The summed E-state index contributed by atoms with van der Waals surface area (Å²) >= 11 is 0. The third kappa shape index (κ3) is 3.84. The lowest BCUT2D eigenvalue weighted by atomic mass is 9.49. The van der Waals surface area contributed by atoms with Crippen LogP contribution in [0, 0.1) is 23.2 Å². The standard InChI is InChI=1S/C22H30N2O4S/c25-21(15-22-12-16-9-17(13-22)11-18(10-16)14-22)23-19-1-3-20(4-2-19)29(26,27)24-5-7-28-8-6-24/h1-4,16-18H,5-15H2,(H,23,25). The molecule has 1 aromatic carbocycles. The first kappa shape index (κ1) is 19.5. The van der Waals surface area contributed by atoms with Crippen molar-refractivity contribution >= 4 is 21.6 Å². The fourth-order valence-electron chi connectivity index (χ4n) is 6.70. The molecule has 5 aliphatic rings. The minimum atomic E-state index is -3.50. The van der Waals surface area contributed by atoms with Crippen molar-refractivity contribution in [3.05, 3.63) is 24.3 Å². The van der Waals surface area contributed by atoms with E-state index in [1.54, 1.807) is 24.3 Å². The van der Waals surface area contributed by atoms with Crippen molar-refractivity contribution in [1.29, 1.82) is 0 Å². The molecule has 1 amide bonds. The number of carbonyl (C=O) groups is 1. The number of hydrogen-bond acceptors (Lipinski definition) is 4. The maximum Gasteiger partial charge on any atom is 0.243 e. The van der Waals surface area contributed by atoms with Crippen LogP contribution in [0.2, 0.25) is 0 Å². The quantitative estimate of drug-likeness (QED) is 0.796. The lowest BCUT2D eigenvalue weighted by Gasteiger charge is -2.56. The van der Waals surface area contributed by atoms with Crippen LogP contribution in [0.1, 0.15) is 44.9 Å².